The third-order valence-electron chi connectivity index (χ3n) is 9.83. The average Bonchev–Trinajstić information content (AvgIpc) is 3.00. The Kier molecular flexibility index (Phi) is 11.1. The van der Waals surface area contributed by atoms with Gasteiger partial charge in [0.2, 0.25) is 0 Å². The zero-order valence-corrected chi connectivity index (χ0v) is 25.4. The molecule has 2 saturated carbocycles. The molecular weight excluding hydrogens is 721 g/mol. The normalized spacial score (nSPS) is 24.7. The van der Waals surface area contributed by atoms with Crippen molar-refractivity contribution in [2.45, 2.75) is 131 Å². The van der Waals surface area contributed by atoms with Crippen molar-refractivity contribution in [1.82, 2.24) is 0 Å². The fraction of sp³-hybridized carbons (Fsp3) is 0.800. The van der Waals surface area contributed by atoms with Gasteiger partial charge >= 0.3 is 53.6 Å². The Balaban J connectivity index is 1.79. The molecule has 2 fully saturated rings. The van der Waals surface area contributed by atoms with E-state index in [0.717, 1.165) is 38.5 Å². The lowest BCUT2D eigenvalue weighted by Crippen LogP contribution is -2.75. The predicted molar refractivity (Wildman–Crippen MR) is 136 cm³/mol. The first-order valence-corrected chi connectivity index (χ1v) is 15.1. The van der Waals surface area contributed by atoms with Crippen molar-refractivity contribution in [2.24, 2.45) is 17.8 Å². The fourth-order valence-electron chi connectivity index (χ4n) is 6.38. The van der Waals surface area contributed by atoms with Gasteiger partial charge < -0.3 is 0 Å². The lowest BCUT2D eigenvalue weighted by Gasteiger charge is -2.43. The van der Waals surface area contributed by atoms with E-state index in [1.807, 2.05) is 0 Å². The van der Waals surface area contributed by atoms with E-state index < -0.39 is 59.1 Å². The summed E-state index contributed by atoms with van der Waals surface area (Å²) >= 11 is 0. The summed E-state index contributed by atoms with van der Waals surface area (Å²) in [5, 5.41) is 0. The molecule has 49 heavy (non-hydrogen) atoms. The van der Waals surface area contributed by atoms with Gasteiger partial charge in [-0.05, 0) is 54.9 Å². The first-order chi connectivity index (χ1) is 21.9. The molecule has 1 aromatic rings. The van der Waals surface area contributed by atoms with Gasteiger partial charge in [-0.3, -0.25) is 0 Å². The van der Waals surface area contributed by atoms with E-state index in [9.17, 15) is 83.4 Å². The van der Waals surface area contributed by atoms with Crippen LogP contribution in [-0.2, 0) is 5.92 Å². The lowest BCUT2D eigenvalue weighted by atomic mass is 9.74. The number of halogens is 19. The third kappa shape index (κ3) is 6.70. The fourth-order valence-corrected chi connectivity index (χ4v) is 6.38. The van der Waals surface area contributed by atoms with E-state index in [0.29, 0.717) is 55.6 Å². The summed E-state index contributed by atoms with van der Waals surface area (Å²) in [6.45, 7) is 2.18. The molecule has 1 aromatic carbocycles. The first kappa shape index (κ1) is 41.3. The molecule has 2 aliphatic rings. The summed E-state index contributed by atoms with van der Waals surface area (Å²) in [5.74, 6) is -65.3. The zero-order valence-electron chi connectivity index (χ0n) is 25.4. The average molecular weight is 753 g/mol. The van der Waals surface area contributed by atoms with E-state index in [1.165, 1.54) is 0 Å². The highest BCUT2D eigenvalue weighted by molar-refractivity contribution is 5.31. The molecule has 3 rings (SSSR count). The smallest absolute Gasteiger partial charge is 0.194 e. The van der Waals surface area contributed by atoms with E-state index in [4.69, 9.17) is 0 Å². The first-order valence-electron chi connectivity index (χ1n) is 15.1. The number of alkyl halides is 19. The Morgan fingerprint density at radius 2 is 0.755 bits per heavy atom. The quantitative estimate of drug-likeness (QED) is 0.187. The van der Waals surface area contributed by atoms with E-state index in [-0.39, 0.29) is 23.6 Å². The van der Waals surface area contributed by atoms with Crippen LogP contribution in [-0.4, -0.2) is 47.6 Å². The van der Waals surface area contributed by atoms with E-state index in [2.05, 4.69) is 6.92 Å². The van der Waals surface area contributed by atoms with Crippen molar-refractivity contribution < 1.29 is 83.4 Å². The van der Waals surface area contributed by atoms with Gasteiger partial charge in [0.1, 0.15) is 0 Å². The minimum absolute atomic E-state index is 0.0262. The Morgan fingerprint density at radius 3 is 1.12 bits per heavy atom. The van der Waals surface area contributed by atoms with Gasteiger partial charge in [0.05, 0.1) is 0 Å². The molecule has 19 heteroatoms. The Morgan fingerprint density at radius 1 is 0.429 bits per heavy atom. The monoisotopic (exact) mass is 752 g/mol. The molecule has 0 bridgehead atoms. The number of hydrogen-bond acceptors (Lipinski definition) is 0. The third-order valence-corrected chi connectivity index (χ3v) is 9.83. The Hall–Kier alpha value is -2.11. The highest BCUT2D eigenvalue weighted by Gasteiger charge is 2.96. The number of benzene rings is 1. The van der Waals surface area contributed by atoms with Crippen molar-refractivity contribution in [3.63, 3.8) is 0 Å². The van der Waals surface area contributed by atoms with Crippen LogP contribution in [0.3, 0.4) is 0 Å². The standard InChI is InChI=1S/C30H31F19/c1-16-2-4-17(5-3-16)6-7-18-8-10-19(11-9-18)20-12-14-21(15-13-20)22(31,32)23(33,34)24(35,36)25(37,38)26(39,40)27(41,42)28(43,44)29(45,46)30(47,48)49/h12-19H,2-11H2,1H3. The maximum absolute atomic E-state index is 14.7. The van der Waals surface area contributed by atoms with Gasteiger partial charge in [0, 0.05) is 5.56 Å². The molecule has 0 unspecified atom stereocenters. The van der Waals surface area contributed by atoms with Gasteiger partial charge in [-0.1, -0.05) is 69.7 Å². The second kappa shape index (κ2) is 13.1. The molecule has 0 spiro atoms. The largest absolute Gasteiger partial charge is 0.460 e. The van der Waals surface area contributed by atoms with Crippen molar-refractivity contribution in [1.29, 1.82) is 0 Å². The van der Waals surface area contributed by atoms with Crippen LogP contribution in [0.5, 0.6) is 0 Å². The van der Waals surface area contributed by atoms with Crippen molar-refractivity contribution >= 4 is 0 Å². The van der Waals surface area contributed by atoms with E-state index >= 15 is 0 Å². The van der Waals surface area contributed by atoms with Crippen LogP contribution < -0.4 is 0 Å². The highest BCUT2D eigenvalue weighted by Crippen LogP contribution is 2.66. The maximum atomic E-state index is 14.7. The van der Waals surface area contributed by atoms with Gasteiger partial charge in [-0.15, -0.1) is 0 Å². The van der Waals surface area contributed by atoms with Gasteiger partial charge in [0.25, 0.3) is 0 Å². The maximum Gasteiger partial charge on any atom is 0.460 e. The summed E-state index contributed by atoms with van der Waals surface area (Å²) in [7, 11) is 0. The number of rotatable bonds is 12. The van der Waals surface area contributed by atoms with Crippen LogP contribution in [0.1, 0.15) is 88.2 Å². The highest BCUT2D eigenvalue weighted by atomic mass is 19.4. The molecule has 0 radical (unpaired) electrons. The summed E-state index contributed by atoms with van der Waals surface area (Å²) < 4.78 is 260. The molecule has 0 saturated heterocycles. The molecule has 0 amide bonds. The zero-order chi connectivity index (χ0) is 37.9. The summed E-state index contributed by atoms with van der Waals surface area (Å²) in [5.41, 5.74) is -2.05. The van der Waals surface area contributed by atoms with Gasteiger partial charge in [-0.2, -0.15) is 83.4 Å². The van der Waals surface area contributed by atoms with Crippen LogP contribution in [0, 0.1) is 17.8 Å². The Bertz CT molecular complexity index is 1250. The molecular formula is C30H31F19. The van der Waals surface area contributed by atoms with E-state index in [1.54, 1.807) is 0 Å². The molecule has 0 N–H and O–H groups in total. The second-order valence-corrected chi connectivity index (χ2v) is 13.1. The van der Waals surface area contributed by atoms with Crippen molar-refractivity contribution in [3.05, 3.63) is 35.4 Å². The molecule has 284 valence electrons. The molecule has 0 aliphatic heterocycles. The lowest BCUT2D eigenvalue weighted by molar-refractivity contribution is -0.469. The topological polar surface area (TPSA) is 0 Å². The van der Waals surface area contributed by atoms with Crippen LogP contribution >= 0.6 is 0 Å². The van der Waals surface area contributed by atoms with Gasteiger partial charge in [0.15, 0.2) is 0 Å². The number of hydrogen-bond donors (Lipinski definition) is 0. The second-order valence-electron chi connectivity index (χ2n) is 13.1. The summed E-state index contributed by atoms with van der Waals surface area (Å²) in [6.07, 6.45) is 0.976. The molecule has 0 aromatic heterocycles. The van der Waals surface area contributed by atoms with Crippen LogP contribution in [0.2, 0.25) is 0 Å². The minimum atomic E-state index is -8.92. The van der Waals surface area contributed by atoms with Crippen molar-refractivity contribution in [3.8, 4) is 0 Å². The molecule has 0 atom stereocenters. The van der Waals surface area contributed by atoms with Crippen molar-refractivity contribution in [2.75, 3.05) is 0 Å². The SMILES string of the molecule is CC1CCC(CCC2CCC(c3ccc(C(F)(F)C(F)(F)C(F)(F)C(F)(F)C(F)(F)C(F)(F)C(F)(F)C(F)(F)C(F)(F)F)cc3)CC2)CC1. The Labute approximate surface area is 267 Å². The van der Waals surface area contributed by atoms with Crippen LogP contribution in [0.4, 0.5) is 83.4 Å². The molecule has 0 heterocycles. The molecule has 2 aliphatic carbocycles. The predicted octanol–water partition coefficient (Wildman–Crippen LogP) is 12.7. The summed E-state index contributed by atoms with van der Waals surface area (Å²) in [6, 6.07) is 1.48. The summed E-state index contributed by atoms with van der Waals surface area (Å²) in [4.78, 5) is 0. The van der Waals surface area contributed by atoms with Crippen LogP contribution in [0.25, 0.3) is 0 Å². The molecule has 0 nitrogen and oxygen atoms in total. The van der Waals surface area contributed by atoms with Crippen LogP contribution in [0.15, 0.2) is 24.3 Å². The minimum Gasteiger partial charge on any atom is -0.194 e. The van der Waals surface area contributed by atoms with Gasteiger partial charge in [-0.25, -0.2) is 0 Å².